The summed E-state index contributed by atoms with van der Waals surface area (Å²) in [7, 11) is 0. The highest BCUT2D eigenvalue weighted by Crippen LogP contribution is 2.13. The number of likely N-dealkylation sites (tertiary alicyclic amines) is 1. The summed E-state index contributed by atoms with van der Waals surface area (Å²) < 4.78 is 4.96. The molecule has 1 rings (SSSR count). The number of nitrogens with one attached hydrogen (secondary N) is 2. The molecule has 1 aliphatic heterocycles. The Labute approximate surface area is 138 Å². The van der Waals surface area contributed by atoms with Crippen molar-refractivity contribution in [2.45, 2.75) is 45.3 Å². The van der Waals surface area contributed by atoms with Gasteiger partial charge in [-0.1, -0.05) is 0 Å². The topological polar surface area (TPSA) is 142 Å². The first-order valence-corrected chi connectivity index (χ1v) is 7.32. The molecule has 1 aliphatic rings. The van der Waals surface area contributed by atoms with E-state index in [0.717, 1.165) is 0 Å². The fraction of sp³-hybridized carbons (Fsp3) is 0.643. The number of amides is 4. The van der Waals surface area contributed by atoms with E-state index in [9.17, 15) is 24.0 Å². The van der Waals surface area contributed by atoms with Crippen LogP contribution in [0.5, 0.6) is 0 Å². The van der Waals surface area contributed by atoms with Crippen LogP contribution >= 0.6 is 0 Å². The van der Waals surface area contributed by atoms with E-state index in [1.54, 1.807) is 20.8 Å². The molecule has 10 nitrogen and oxygen atoms in total. The van der Waals surface area contributed by atoms with Gasteiger partial charge in [-0.05, 0) is 27.2 Å². The van der Waals surface area contributed by atoms with Gasteiger partial charge in [0.05, 0.1) is 0 Å². The summed E-state index contributed by atoms with van der Waals surface area (Å²) >= 11 is 0. The van der Waals surface area contributed by atoms with E-state index >= 15 is 0 Å². The van der Waals surface area contributed by atoms with Crippen LogP contribution in [0, 0.1) is 0 Å². The van der Waals surface area contributed by atoms with Gasteiger partial charge in [0.1, 0.15) is 24.7 Å². The lowest BCUT2D eigenvalue weighted by Gasteiger charge is -2.30. The van der Waals surface area contributed by atoms with Crippen molar-refractivity contribution in [1.29, 1.82) is 0 Å². The van der Waals surface area contributed by atoms with Crippen molar-refractivity contribution in [1.82, 2.24) is 15.5 Å². The van der Waals surface area contributed by atoms with Crippen LogP contribution in [0.1, 0.15) is 33.6 Å². The molecular weight excluding hydrogens is 322 g/mol. The highest BCUT2D eigenvalue weighted by atomic mass is 16.6. The summed E-state index contributed by atoms with van der Waals surface area (Å²) in [4.78, 5) is 58.1. The van der Waals surface area contributed by atoms with Gasteiger partial charge < -0.3 is 20.5 Å². The lowest BCUT2D eigenvalue weighted by Crippen LogP contribution is -2.56. The van der Waals surface area contributed by atoms with E-state index in [1.807, 2.05) is 0 Å². The maximum Gasteiger partial charge on any atom is 0.408 e. The molecule has 1 fully saturated rings. The van der Waals surface area contributed by atoms with Gasteiger partial charge in [-0.3, -0.25) is 24.1 Å². The molecule has 0 aliphatic carbocycles. The van der Waals surface area contributed by atoms with Crippen molar-refractivity contribution in [3.63, 3.8) is 0 Å². The Hall–Kier alpha value is -2.65. The van der Waals surface area contributed by atoms with Crippen LogP contribution in [0.3, 0.4) is 0 Å². The van der Waals surface area contributed by atoms with Crippen LogP contribution in [0.4, 0.5) is 4.79 Å². The molecule has 1 heterocycles. The Morgan fingerprint density at radius 2 is 1.92 bits per heavy atom. The summed E-state index contributed by atoms with van der Waals surface area (Å²) in [6.07, 6.45) is -0.759. The maximum atomic E-state index is 12.0. The normalized spacial score (nSPS) is 18.1. The highest BCUT2D eigenvalue weighted by Gasteiger charge is 2.36. The first-order valence-electron chi connectivity index (χ1n) is 7.32. The molecule has 0 aromatic carbocycles. The zero-order valence-electron chi connectivity index (χ0n) is 13.7. The number of hydrogen-bond donors (Lipinski definition) is 3. The number of alkyl carbamates (subject to hydrolysis) is 1. The number of rotatable bonds is 5. The van der Waals surface area contributed by atoms with Gasteiger partial charge in [0.15, 0.2) is 0 Å². The van der Waals surface area contributed by atoms with Gasteiger partial charge in [0.2, 0.25) is 11.8 Å². The van der Waals surface area contributed by atoms with E-state index in [2.05, 4.69) is 10.6 Å². The van der Waals surface area contributed by atoms with Gasteiger partial charge in [-0.15, -0.1) is 0 Å². The summed E-state index contributed by atoms with van der Waals surface area (Å²) in [6.45, 7) is 3.84. The Bertz CT molecular complexity index is 553. The number of ether oxygens (including phenoxy) is 1. The molecule has 3 N–H and O–H groups in total. The minimum absolute atomic E-state index is 0.0521. The van der Waals surface area contributed by atoms with Crippen molar-refractivity contribution in [2.24, 2.45) is 0 Å². The zero-order valence-corrected chi connectivity index (χ0v) is 13.7. The number of carboxylic acids is 1. The third kappa shape index (κ3) is 6.23. The fourth-order valence-corrected chi connectivity index (χ4v) is 1.98. The van der Waals surface area contributed by atoms with Crippen molar-refractivity contribution in [2.75, 3.05) is 13.1 Å². The largest absolute Gasteiger partial charge is 0.480 e. The number of hydrogen-bond acceptors (Lipinski definition) is 6. The summed E-state index contributed by atoms with van der Waals surface area (Å²) in [5, 5.41) is 13.3. The molecule has 1 saturated heterocycles. The van der Waals surface area contributed by atoms with Crippen LogP contribution in [-0.2, 0) is 23.9 Å². The monoisotopic (exact) mass is 343 g/mol. The van der Waals surface area contributed by atoms with Gasteiger partial charge in [0.25, 0.3) is 5.91 Å². The molecule has 0 spiro atoms. The second-order valence-corrected chi connectivity index (χ2v) is 6.23. The van der Waals surface area contributed by atoms with Crippen molar-refractivity contribution in [3.8, 4) is 0 Å². The molecule has 134 valence electrons. The third-order valence-corrected chi connectivity index (χ3v) is 2.93. The van der Waals surface area contributed by atoms with E-state index < -0.39 is 54.5 Å². The number of nitrogens with zero attached hydrogens (tertiary/aromatic N) is 1. The summed E-state index contributed by atoms with van der Waals surface area (Å²) in [6, 6.07) is -1.00. The average Bonchev–Trinajstić information content (AvgIpc) is 2.42. The number of piperidine rings is 1. The third-order valence-electron chi connectivity index (χ3n) is 2.93. The van der Waals surface area contributed by atoms with Crippen LogP contribution in [0.2, 0.25) is 0 Å². The molecule has 0 saturated carbocycles. The van der Waals surface area contributed by atoms with Crippen LogP contribution < -0.4 is 10.6 Å². The Kier molecular flexibility index (Phi) is 6.27. The molecule has 0 unspecified atom stereocenters. The van der Waals surface area contributed by atoms with Gasteiger partial charge in [-0.25, -0.2) is 4.79 Å². The SMILES string of the molecule is CC(C)(C)OC(=O)NCC(=O)N[C@H]1CCC(=O)N(CC(=O)O)C1=O. The quantitative estimate of drug-likeness (QED) is 0.556. The summed E-state index contributed by atoms with van der Waals surface area (Å²) in [5.41, 5.74) is -0.711. The minimum Gasteiger partial charge on any atom is -0.480 e. The van der Waals surface area contributed by atoms with Crippen molar-refractivity contribution < 1.29 is 33.8 Å². The Morgan fingerprint density at radius 3 is 2.46 bits per heavy atom. The van der Waals surface area contributed by atoms with E-state index in [0.29, 0.717) is 4.90 Å². The molecular formula is C14H21N3O7. The van der Waals surface area contributed by atoms with Gasteiger partial charge in [-0.2, -0.15) is 0 Å². The molecule has 1 atom stereocenters. The van der Waals surface area contributed by atoms with Crippen LogP contribution in [0.15, 0.2) is 0 Å². The predicted molar refractivity (Wildman–Crippen MR) is 79.8 cm³/mol. The number of aliphatic carboxylic acids is 1. The number of carbonyl (C=O) groups excluding carboxylic acids is 4. The molecule has 0 aromatic rings. The van der Waals surface area contributed by atoms with E-state index in [1.165, 1.54) is 0 Å². The van der Waals surface area contributed by atoms with Crippen molar-refractivity contribution in [3.05, 3.63) is 0 Å². The molecule has 0 bridgehead atoms. The second kappa shape index (κ2) is 7.75. The first-order chi connectivity index (χ1) is 11.0. The fourth-order valence-electron chi connectivity index (χ4n) is 1.98. The Morgan fingerprint density at radius 1 is 1.29 bits per heavy atom. The summed E-state index contributed by atoms with van der Waals surface area (Å²) in [5.74, 6) is -3.35. The zero-order chi connectivity index (χ0) is 18.5. The smallest absolute Gasteiger partial charge is 0.408 e. The van der Waals surface area contributed by atoms with Crippen LogP contribution in [0.25, 0.3) is 0 Å². The molecule has 10 heteroatoms. The predicted octanol–water partition coefficient (Wildman–Crippen LogP) is -0.770. The number of imide groups is 1. The van der Waals surface area contributed by atoms with Gasteiger partial charge >= 0.3 is 12.1 Å². The highest BCUT2D eigenvalue weighted by molar-refractivity contribution is 6.03. The number of carbonyl (C=O) groups is 5. The standard InChI is InChI=1S/C14H21N3O7/c1-14(2,3)24-13(23)15-6-9(18)16-8-4-5-10(19)17(12(8)22)7-11(20)21/h8H,4-7H2,1-3H3,(H,15,23)(H,16,18)(H,20,21)/t8-/m0/s1. The van der Waals surface area contributed by atoms with E-state index in [4.69, 9.17) is 9.84 Å². The van der Waals surface area contributed by atoms with E-state index in [-0.39, 0.29) is 12.8 Å². The molecule has 0 aromatic heterocycles. The molecule has 0 radical (unpaired) electrons. The van der Waals surface area contributed by atoms with Crippen LogP contribution in [-0.4, -0.2) is 64.5 Å². The number of carboxylic acid groups (broad SMARTS) is 1. The Balaban J connectivity index is 2.51. The lowest BCUT2D eigenvalue weighted by atomic mass is 10.0. The molecule has 24 heavy (non-hydrogen) atoms. The molecule has 4 amide bonds. The first kappa shape index (κ1) is 19.4. The average molecular weight is 343 g/mol. The second-order valence-electron chi connectivity index (χ2n) is 6.23. The lowest BCUT2D eigenvalue weighted by molar-refractivity contribution is -0.156. The minimum atomic E-state index is -1.32. The van der Waals surface area contributed by atoms with Crippen molar-refractivity contribution >= 4 is 29.8 Å². The van der Waals surface area contributed by atoms with Gasteiger partial charge in [0, 0.05) is 6.42 Å². The maximum absolute atomic E-state index is 12.0.